The van der Waals surface area contributed by atoms with Crippen molar-refractivity contribution >= 4 is 70.9 Å². The fourth-order valence-electron chi connectivity index (χ4n) is 21.2. The maximum absolute atomic E-state index is 15.1. The van der Waals surface area contributed by atoms with E-state index in [0.29, 0.717) is 49.7 Å². The third kappa shape index (κ3) is 31.7. The van der Waals surface area contributed by atoms with Crippen LogP contribution in [0.15, 0.2) is 71.4 Å². The average Bonchev–Trinajstić information content (AvgIpc) is 1.59. The number of methoxy groups -OCH3 is 2. The highest BCUT2D eigenvalue weighted by molar-refractivity contribution is 6.00. The maximum Gasteiger partial charge on any atom is 0.316 e. The molecular formula is C110H183N11O26. The number of rotatable bonds is 23. The summed E-state index contributed by atoms with van der Waals surface area (Å²) in [4.78, 5) is 183. The zero-order chi connectivity index (χ0) is 111. The number of likely N-dealkylation sites (N-methyl/N-ethyl adjacent to an activating group) is 7. The van der Waals surface area contributed by atoms with Crippen LogP contribution in [0.3, 0.4) is 0 Å². The minimum Gasteiger partial charge on any atom is -0.462 e. The highest BCUT2D eigenvalue weighted by Crippen LogP contribution is 2.48. The third-order valence-corrected chi connectivity index (χ3v) is 30.6. The Bertz CT molecular complexity index is 4610. The first-order chi connectivity index (χ1) is 68.7. The highest BCUT2D eigenvalue weighted by Gasteiger charge is 2.61. The molecule has 2 bridgehead atoms. The van der Waals surface area contributed by atoms with E-state index in [1.165, 1.54) is 87.7 Å². The number of nitrogens with one attached hydrogen (secondary N) is 4. The van der Waals surface area contributed by atoms with Gasteiger partial charge in [0.1, 0.15) is 102 Å². The molecule has 8 rings (SSSR count). The Balaban J connectivity index is 0.000000415. The van der Waals surface area contributed by atoms with E-state index in [2.05, 4.69) is 61.1 Å². The van der Waals surface area contributed by atoms with Crippen molar-refractivity contribution in [3.05, 3.63) is 71.4 Å². The van der Waals surface area contributed by atoms with E-state index in [9.17, 15) is 68.4 Å². The summed E-state index contributed by atoms with van der Waals surface area (Å²) >= 11 is 0. The maximum atomic E-state index is 15.1. The lowest BCUT2D eigenvalue weighted by atomic mass is 9.71. The van der Waals surface area contributed by atoms with Gasteiger partial charge in [0.2, 0.25) is 65.0 Å². The monoisotopic (exact) mass is 2070 g/mol. The zero-order valence-corrected chi connectivity index (χ0v) is 94.3. The van der Waals surface area contributed by atoms with E-state index in [-0.39, 0.29) is 98.4 Å². The highest BCUT2D eigenvalue weighted by atomic mass is 16.7. The van der Waals surface area contributed by atoms with E-state index in [4.69, 9.17) is 47.4 Å². The van der Waals surface area contributed by atoms with Gasteiger partial charge < -0.3 is 123 Å². The minimum atomic E-state index is -1.84. The SMILES string of the molecule is CC=CCC(C)C(O)C1C(=O)NC(CC)C(=O)N(C)CC(=O)N(C)C(CC(C)C)C(=O)NC(C(C)C)C(=O)N(C)C(CC(C)C)C(=O)NC(C)C(=O)NC(C)C(=O)N(C)C(CC(C)C)C(=O)N(C)C(CC(C)C)C(=O)N(C)C(C(C)C)C(=O)N1C.CCC(C)C1OC2(C=CC1C)CC1CC(CC=C(C)C(OC3CC(OC)C(OC4CC(OC)C(O)C(C)O4)C(C)O3)C(C)C=CC=C3COC4C(O)C(C)=CC(C(=O)O1)C34O)O2. The lowest BCUT2D eigenvalue weighted by Crippen LogP contribution is -2.63. The van der Waals surface area contributed by atoms with Crippen molar-refractivity contribution in [2.75, 3.05) is 76.7 Å². The van der Waals surface area contributed by atoms with Crippen LogP contribution in [0.25, 0.3) is 0 Å². The number of carbonyl (C=O) groups is 12. The van der Waals surface area contributed by atoms with Crippen LogP contribution >= 0.6 is 0 Å². The Morgan fingerprint density at radius 3 is 1.66 bits per heavy atom. The van der Waals surface area contributed by atoms with Gasteiger partial charge in [-0.1, -0.05) is 180 Å². The van der Waals surface area contributed by atoms with Gasteiger partial charge in [-0.3, -0.25) is 57.5 Å². The zero-order valence-electron chi connectivity index (χ0n) is 94.3. The van der Waals surface area contributed by atoms with Crippen molar-refractivity contribution in [1.29, 1.82) is 0 Å². The van der Waals surface area contributed by atoms with E-state index in [1.807, 2.05) is 93.5 Å². The number of allylic oxidation sites excluding steroid dienone is 4. The van der Waals surface area contributed by atoms with Crippen molar-refractivity contribution in [2.24, 2.45) is 65.1 Å². The molecule has 37 nitrogen and oxygen atoms in total. The van der Waals surface area contributed by atoms with Crippen LogP contribution in [-0.2, 0) is 105 Å². The summed E-state index contributed by atoms with van der Waals surface area (Å²) in [5, 5.41) is 57.3. The summed E-state index contributed by atoms with van der Waals surface area (Å²) in [5.41, 5.74) is 0.134. The van der Waals surface area contributed by atoms with Gasteiger partial charge in [0.05, 0.1) is 62.0 Å². The van der Waals surface area contributed by atoms with Crippen LogP contribution in [0.2, 0.25) is 0 Å². The number of esters is 1. The van der Waals surface area contributed by atoms with Crippen LogP contribution in [0.1, 0.15) is 250 Å². The smallest absolute Gasteiger partial charge is 0.316 e. The number of ether oxygens (including phenoxy) is 10. The second-order valence-corrected chi connectivity index (χ2v) is 45.0. The molecule has 7 aliphatic heterocycles. The molecule has 8 aliphatic rings. The number of hydrogen-bond donors (Lipinski definition) is 8. The van der Waals surface area contributed by atoms with Gasteiger partial charge in [0.25, 0.3) is 0 Å². The molecule has 147 heavy (non-hydrogen) atoms. The van der Waals surface area contributed by atoms with E-state index in [0.717, 1.165) is 21.8 Å². The van der Waals surface area contributed by atoms with Crippen LogP contribution in [-0.4, -0.2) is 366 Å². The van der Waals surface area contributed by atoms with Crippen molar-refractivity contribution < 1.29 is 125 Å². The number of aliphatic hydroxyl groups is 4. The molecule has 11 amide bonds. The fourth-order valence-corrected chi connectivity index (χ4v) is 21.2. The number of aliphatic hydroxyl groups excluding tert-OH is 3. The lowest BCUT2D eigenvalue weighted by Gasteiger charge is -2.48. The molecule has 32 unspecified atom stereocenters. The number of hydrogen-bond acceptors (Lipinski definition) is 26. The average molecular weight is 2080 g/mol. The Labute approximate surface area is 874 Å². The molecule has 1 spiro atoms. The molecule has 834 valence electrons. The molecule has 0 aromatic rings. The molecule has 0 aromatic heterocycles. The van der Waals surface area contributed by atoms with Crippen LogP contribution in [0, 0.1) is 65.1 Å². The molecule has 0 radical (unpaired) electrons. The van der Waals surface area contributed by atoms with Crippen LogP contribution in [0.5, 0.6) is 0 Å². The summed E-state index contributed by atoms with van der Waals surface area (Å²) in [6.07, 6.45) is 11.6. The lowest BCUT2D eigenvalue weighted by molar-refractivity contribution is -0.318. The summed E-state index contributed by atoms with van der Waals surface area (Å²) in [6.45, 7) is 45.4. The van der Waals surface area contributed by atoms with Crippen molar-refractivity contribution in [3.8, 4) is 0 Å². The van der Waals surface area contributed by atoms with Gasteiger partial charge >= 0.3 is 5.97 Å². The first kappa shape index (κ1) is 125. The van der Waals surface area contributed by atoms with Crippen molar-refractivity contribution in [2.45, 2.75) is 414 Å². The van der Waals surface area contributed by atoms with Crippen LogP contribution < -0.4 is 21.3 Å². The van der Waals surface area contributed by atoms with Gasteiger partial charge in [0, 0.05) is 101 Å². The molecule has 8 N–H and O–H groups in total. The second kappa shape index (κ2) is 55.7. The fraction of sp³-hybridized carbons (Fsp3) is 0.782. The topological polar surface area (TPSA) is 449 Å². The van der Waals surface area contributed by atoms with Gasteiger partial charge in [0.15, 0.2) is 18.4 Å². The predicted octanol–water partition coefficient (Wildman–Crippen LogP) is 8.65. The van der Waals surface area contributed by atoms with E-state index in [1.54, 1.807) is 94.8 Å². The quantitative estimate of drug-likeness (QED) is 0.0350. The molecule has 0 saturated carbocycles. The standard InChI is InChI=1S/C62H111N11O12.C48H72O14/c1-25-27-28-40(15)52(75)51-56(79)65-43(26-2)58(81)67(18)33-48(74)68(19)44(29-34(3)4)55(78)66-49(38(11)12)61(84)69(20)45(30-35(5)6)54(77)63-41(16)53(76)64-42(17)57(80)70(21)46(31-36(7)8)59(82)71(22)47(32-37(9)10)60(83)72(23)50(39(13)14)62(85)73(51)24;1-11-25(2)43-28(5)17-18-47(62-43)23-34-20-33(61-47)16-15-27(4)42(26(3)13-12-14-32-24-55-45-40(49)29(6)19-35(46(51)58-34)48(32,45)52)59-39-22-37(54-10)44(31(8)57-39)60-38-21-36(53-9)41(50)30(7)56-38/h25,27,34-47,49-52,75H,26,28-33H2,1-24H3,(H,63,77)(H,64,76)(H,65,79)(H,66,78);12-15,17-19,25-26,28,30-31,33-45,49-50,52H,11,16,20-24H2,1-10H3. The number of carbonyl (C=O) groups excluding carboxylic acids is 12. The van der Waals surface area contributed by atoms with Crippen LogP contribution in [0.4, 0.5) is 0 Å². The molecule has 1 aliphatic carbocycles. The summed E-state index contributed by atoms with van der Waals surface area (Å²) in [6, 6.07) is -12.3. The van der Waals surface area contributed by atoms with Gasteiger partial charge in [-0.05, 0) is 164 Å². The molecular weight excluding hydrogens is 1890 g/mol. The molecule has 7 heterocycles. The summed E-state index contributed by atoms with van der Waals surface area (Å²) in [7, 11) is 13.1. The van der Waals surface area contributed by atoms with Gasteiger partial charge in [-0.25, -0.2) is 0 Å². The Morgan fingerprint density at radius 2 is 1.10 bits per heavy atom. The number of amides is 11. The number of fused-ring (bicyclic) bond motifs is 2. The first-order valence-electron chi connectivity index (χ1n) is 53.4. The molecule has 5 fully saturated rings. The van der Waals surface area contributed by atoms with E-state index < -0.39 is 247 Å². The Morgan fingerprint density at radius 1 is 0.558 bits per heavy atom. The Kier molecular flexibility index (Phi) is 47.6. The van der Waals surface area contributed by atoms with E-state index >= 15 is 9.59 Å². The number of nitrogens with zero attached hydrogens (tertiary/aromatic N) is 7. The predicted molar refractivity (Wildman–Crippen MR) is 556 cm³/mol. The normalized spacial score (nSPS) is 35.4. The third-order valence-electron chi connectivity index (χ3n) is 30.6. The van der Waals surface area contributed by atoms with Crippen molar-refractivity contribution in [3.63, 3.8) is 0 Å². The molecule has 0 aromatic carbocycles. The largest absolute Gasteiger partial charge is 0.462 e. The molecule has 32 atom stereocenters. The van der Waals surface area contributed by atoms with Gasteiger partial charge in [-0.2, -0.15) is 0 Å². The Hall–Kier alpha value is -8.44. The molecule has 5 saturated heterocycles. The summed E-state index contributed by atoms with van der Waals surface area (Å²) in [5.74, 6) is -12.3. The molecule has 37 heteroatoms. The minimum absolute atomic E-state index is 0.0229. The van der Waals surface area contributed by atoms with Gasteiger partial charge in [-0.15, -0.1) is 0 Å². The first-order valence-corrected chi connectivity index (χ1v) is 53.4. The van der Waals surface area contributed by atoms with Crippen molar-refractivity contribution in [1.82, 2.24) is 55.6 Å². The summed E-state index contributed by atoms with van der Waals surface area (Å²) < 4.78 is 63.7. The second-order valence-electron chi connectivity index (χ2n) is 45.0.